The maximum Gasteiger partial charge on any atom is 0.213 e. The van der Waals surface area contributed by atoms with Gasteiger partial charge in [-0.05, 0) is 63.1 Å². The zero-order valence-electron chi connectivity index (χ0n) is 21.6. The van der Waals surface area contributed by atoms with E-state index >= 15 is 0 Å². The first-order valence-electron chi connectivity index (χ1n) is 13.2. The van der Waals surface area contributed by atoms with Crippen LogP contribution in [-0.2, 0) is 7.05 Å². The molecule has 7 rings (SSSR count). The van der Waals surface area contributed by atoms with E-state index in [0.717, 1.165) is 0 Å². The molecule has 1 aliphatic carbocycles. The minimum Gasteiger partial charge on any atom is -0.200 e. The van der Waals surface area contributed by atoms with E-state index < -0.39 is 0 Å². The summed E-state index contributed by atoms with van der Waals surface area (Å²) in [5.74, 6) is 0. The molecule has 0 saturated heterocycles. The summed E-state index contributed by atoms with van der Waals surface area (Å²) in [7, 11) is 2.17. The lowest BCUT2D eigenvalue weighted by molar-refractivity contribution is -0.659. The van der Waals surface area contributed by atoms with E-state index in [4.69, 9.17) is 0 Å². The highest BCUT2D eigenvalue weighted by molar-refractivity contribution is 6.03. The van der Waals surface area contributed by atoms with Crippen molar-refractivity contribution in [2.24, 2.45) is 7.05 Å². The van der Waals surface area contributed by atoms with Crippen LogP contribution >= 0.6 is 0 Å². The van der Waals surface area contributed by atoms with Crippen LogP contribution < -0.4 is 4.57 Å². The van der Waals surface area contributed by atoms with Gasteiger partial charge in [-0.3, -0.25) is 0 Å². The van der Waals surface area contributed by atoms with Gasteiger partial charge in [0.2, 0.25) is 5.69 Å². The van der Waals surface area contributed by atoms with E-state index in [9.17, 15) is 0 Å². The summed E-state index contributed by atoms with van der Waals surface area (Å²) >= 11 is 0. The van der Waals surface area contributed by atoms with Gasteiger partial charge in [-0.15, -0.1) is 0 Å². The second-order valence-corrected chi connectivity index (χ2v) is 10.1. The molecule has 5 aromatic carbocycles. The van der Waals surface area contributed by atoms with E-state index in [0.29, 0.717) is 0 Å². The third-order valence-corrected chi connectivity index (χ3v) is 7.83. The molecule has 1 heterocycles. The Hall–Kier alpha value is -4.75. The molecule has 0 atom stereocenters. The molecule has 0 radical (unpaired) electrons. The van der Waals surface area contributed by atoms with Gasteiger partial charge in [0.1, 0.15) is 7.05 Å². The van der Waals surface area contributed by atoms with Gasteiger partial charge in [-0.1, -0.05) is 115 Å². The van der Waals surface area contributed by atoms with Crippen molar-refractivity contribution in [2.45, 2.75) is 6.92 Å². The van der Waals surface area contributed by atoms with Crippen molar-refractivity contribution in [2.75, 3.05) is 0 Å². The van der Waals surface area contributed by atoms with Crippen LogP contribution in [0.25, 0.3) is 66.9 Å². The number of aryl methyl sites for hydroxylation is 2. The summed E-state index contributed by atoms with van der Waals surface area (Å²) in [6.07, 6.45) is 2.32. The molecule has 6 aromatic rings. The lowest BCUT2D eigenvalue weighted by Gasteiger charge is -2.22. The molecule has 1 aliphatic rings. The van der Waals surface area contributed by atoms with E-state index in [1.54, 1.807) is 0 Å². The highest BCUT2D eigenvalue weighted by Crippen LogP contribution is 2.47. The average molecular weight is 487 g/mol. The summed E-state index contributed by atoms with van der Waals surface area (Å²) in [5.41, 5.74) is 16.4. The number of fused-ring (bicyclic) bond motifs is 8. The molecule has 0 bridgehead atoms. The van der Waals surface area contributed by atoms with Crippen molar-refractivity contribution in [3.05, 3.63) is 139 Å². The maximum absolute atomic E-state index is 2.39. The second-order valence-electron chi connectivity index (χ2n) is 10.1. The van der Waals surface area contributed by atoms with Crippen molar-refractivity contribution >= 4 is 0 Å². The van der Waals surface area contributed by atoms with Crippen molar-refractivity contribution in [1.29, 1.82) is 0 Å². The quantitative estimate of drug-likeness (QED) is 0.215. The number of hydrogen-bond donors (Lipinski definition) is 0. The molecule has 0 amide bonds. The topological polar surface area (TPSA) is 3.88 Å². The third kappa shape index (κ3) is 3.59. The molecule has 1 nitrogen and oxygen atoms in total. The molecular weight excluding hydrogens is 458 g/mol. The van der Waals surface area contributed by atoms with Crippen molar-refractivity contribution < 1.29 is 4.57 Å². The fourth-order valence-corrected chi connectivity index (χ4v) is 5.97. The van der Waals surface area contributed by atoms with Gasteiger partial charge in [0.05, 0.1) is 5.56 Å². The SMILES string of the molecule is Cc1cc(-c2ccccc2)ccc1-c1cc2c(c[n+]1C)-c1ccccc1-c1ccccc1-c1ccccc1-2. The highest BCUT2D eigenvalue weighted by Gasteiger charge is 2.26. The highest BCUT2D eigenvalue weighted by atomic mass is 14.9. The molecule has 0 unspecified atom stereocenters. The van der Waals surface area contributed by atoms with Gasteiger partial charge in [0.25, 0.3) is 0 Å². The van der Waals surface area contributed by atoms with Crippen molar-refractivity contribution in [3.8, 4) is 66.9 Å². The average Bonchev–Trinajstić information content (AvgIpc) is 2.97. The lowest BCUT2D eigenvalue weighted by Crippen LogP contribution is -2.31. The molecule has 0 saturated carbocycles. The molecule has 0 N–H and O–H groups in total. The standard InChI is InChI=1S/C37H28N/c1-25-22-27(26-12-4-3-5-13-26)20-21-28(25)37-23-35-33-18-10-8-16-31(33)29-14-6-7-15-30(29)32-17-9-11-19-34(32)36(35)24-38(37)2/h3-24H,1-2H3/q+1. The molecule has 0 spiro atoms. The van der Waals surface area contributed by atoms with Gasteiger partial charge in [0.15, 0.2) is 6.20 Å². The van der Waals surface area contributed by atoms with Crippen LogP contribution in [0.4, 0.5) is 0 Å². The van der Waals surface area contributed by atoms with Crippen LogP contribution in [0, 0.1) is 6.92 Å². The second kappa shape index (κ2) is 8.97. The predicted octanol–water partition coefficient (Wildman–Crippen LogP) is 9.13. The Labute approximate surface area is 224 Å². The number of hydrogen-bond acceptors (Lipinski definition) is 0. The largest absolute Gasteiger partial charge is 0.213 e. The fraction of sp³-hybridized carbons (Fsp3) is 0.0541. The summed E-state index contributed by atoms with van der Waals surface area (Å²) in [6.45, 7) is 2.22. The third-order valence-electron chi connectivity index (χ3n) is 7.83. The lowest BCUT2D eigenvalue weighted by atomic mass is 9.81. The summed E-state index contributed by atoms with van der Waals surface area (Å²) in [5, 5.41) is 0. The van der Waals surface area contributed by atoms with Crippen LogP contribution in [0.5, 0.6) is 0 Å². The van der Waals surface area contributed by atoms with Crippen LogP contribution in [0.1, 0.15) is 5.56 Å². The Morgan fingerprint density at radius 2 is 0.868 bits per heavy atom. The normalized spacial score (nSPS) is 11.4. The molecular formula is C37H28N+. The number of pyridine rings is 1. The summed E-state index contributed by atoms with van der Waals surface area (Å²) < 4.78 is 2.29. The molecule has 1 aromatic heterocycles. The Balaban J connectivity index is 1.49. The molecule has 0 fully saturated rings. The summed E-state index contributed by atoms with van der Waals surface area (Å²) in [4.78, 5) is 0. The molecule has 0 aliphatic heterocycles. The van der Waals surface area contributed by atoms with E-state index in [-0.39, 0.29) is 0 Å². The monoisotopic (exact) mass is 486 g/mol. The Morgan fingerprint density at radius 1 is 0.395 bits per heavy atom. The fourth-order valence-electron chi connectivity index (χ4n) is 5.97. The molecule has 38 heavy (non-hydrogen) atoms. The van der Waals surface area contributed by atoms with Gasteiger partial charge < -0.3 is 0 Å². The maximum atomic E-state index is 2.39. The number of nitrogens with zero attached hydrogens (tertiary/aromatic N) is 1. The minimum atomic E-state index is 1.21. The Bertz CT molecular complexity index is 1830. The van der Waals surface area contributed by atoms with Crippen LogP contribution in [0.3, 0.4) is 0 Å². The van der Waals surface area contributed by atoms with Gasteiger partial charge in [-0.2, -0.15) is 0 Å². The zero-order chi connectivity index (χ0) is 25.6. The first-order chi connectivity index (χ1) is 18.7. The zero-order valence-corrected chi connectivity index (χ0v) is 21.6. The Kier molecular flexibility index (Phi) is 5.30. The predicted molar refractivity (Wildman–Crippen MR) is 159 cm³/mol. The van der Waals surface area contributed by atoms with Crippen LogP contribution in [0.15, 0.2) is 134 Å². The molecule has 180 valence electrons. The number of aromatic nitrogens is 1. The van der Waals surface area contributed by atoms with E-state index in [1.807, 2.05) is 0 Å². The molecule has 1 heteroatoms. The first-order valence-corrected chi connectivity index (χ1v) is 13.2. The Morgan fingerprint density at radius 3 is 1.39 bits per heavy atom. The van der Waals surface area contributed by atoms with E-state index in [1.165, 1.54) is 72.5 Å². The van der Waals surface area contributed by atoms with Crippen molar-refractivity contribution in [3.63, 3.8) is 0 Å². The van der Waals surface area contributed by atoms with Crippen LogP contribution in [-0.4, -0.2) is 0 Å². The summed E-state index contributed by atoms with van der Waals surface area (Å²) in [6, 6.07) is 46.3. The number of benzene rings is 5. The smallest absolute Gasteiger partial charge is 0.200 e. The van der Waals surface area contributed by atoms with Gasteiger partial charge in [0, 0.05) is 17.2 Å². The van der Waals surface area contributed by atoms with Crippen LogP contribution in [0.2, 0.25) is 0 Å². The van der Waals surface area contributed by atoms with Crippen molar-refractivity contribution in [1.82, 2.24) is 0 Å². The van der Waals surface area contributed by atoms with Gasteiger partial charge >= 0.3 is 0 Å². The minimum absolute atomic E-state index is 1.21. The first kappa shape index (κ1) is 22.4. The van der Waals surface area contributed by atoms with E-state index in [2.05, 4.69) is 152 Å². The van der Waals surface area contributed by atoms with Gasteiger partial charge in [-0.25, -0.2) is 4.57 Å². The number of rotatable bonds is 2.